The summed E-state index contributed by atoms with van der Waals surface area (Å²) in [5.74, 6) is -0.249. The molecule has 0 aromatic heterocycles. The lowest BCUT2D eigenvalue weighted by atomic mass is 10.2. The number of rotatable bonds is 6. The van der Waals surface area contributed by atoms with E-state index in [1.54, 1.807) is 48.5 Å². The molecule has 25 heavy (non-hydrogen) atoms. The monoisotopic (exact) mass is 380 g/mol. The number of nitrogens with zero attached hydrogens (tertiary/aromatic N) is 2. The fraction of sp³-hybridized carbons (Fsp3) is 0.294. The van der Waals surface area contributed by atoms with E-state index in [9.17, 15) is 16.8 Å². The summed E-state index contributed by atoms with van der Waals surface area (Å²) < 4.78 is 52.6. The number of sulfonamides is 2. The van der Waals surface area contributed by atoms with E-state index < -0.39 is 20.0 Å². The van der Waals surface area contributed by atoms with Gasteiger partial charge < -0.3 is 0 Å². The van der Waals surface area contributed by atoms with Crippen molar-refractivity contribution < 1.29 is 16.8 Å². The first-order valence-electron chi connectivity index (χ1n) is 7.90. The number of benzene rings is 2. The highest BCUT2D eigenvalue weighted by Crippen LogP contribution is 2.20. The second-order valence-electron chi connectivity index (χ2n) is 5.98. The Morgan fingerprint density at radius 3 is 1.36 bits per heavy atom. The van der Waals surface area contributed by atoms with Crippen molar-refractivity contribution in [1.29, 1.82) is 0 Å². The van der Waals surface area contributed by atoms with E-state index in [1.165, 1.54) is 8.61 Å². The average molecular weight is 380 g/mol. The first kappa shape index (κ1) is 18.1. The van der Waals surface area contributed by atoms with Crippen LogP contribution in [0.1, 0.15) is 11.1 Å². The third-order valence-electron chi connectivity index (χ3n) is 4.08. The van der Waals surface area contributed by atoms with Gasteiger partial charge in [0.2, 0.25) is 20.0 Å². The molecule has 0 aliphatic carbocycles. The highest BCUT2D eigenvalue weighted by atomic mass is 32.2. The van der Waals surface area contributed by atoms with Gasteiger partial charge in [0.25, 0.3) is 0 Å². The van der Waals surface area contributed by atoms with Crippen molar-refractivity contribution in [3.8, 4) is 0 Å². The Morgan fingerprint density at radius 2 is 1.00 bits per heavy atom. The highest BCUT2D eigenvalue weighted by Gasteiger charge is 2.35. The summed E-state index contributed by atoms with van der Waals surface area (Å²) in [6.07, 6.45) is 0. The van der Waals surface area contributed by atoms with Gasteiger partial charge in [-0.05, 0) is 11.1 Å². The van der Waals surface area contributed by atoms with Crippen molar-refractivity contribution in [2.75, 3.05) is 19.8 Å². The van der Waals surface area contributed by atoms with E-state index >= 15 is 0 Å². The van der Waals surface area contributed by atoms with Crippen LogP contribution in [0.3, 0.4) is 0 Å². The number of hydrogen-bond acceptors (Lipinski definition) is 4. The molecule has 0 atom stereocenters. The van der Waals surface area contributed by atoms with Crippen molar-refractivity contribution in [2.24, 2.45) is 0 Å². The maximum Gasteiger partial charge on any atom is 0.219 e. The Balaban J connectivity index is 1.68. The molecule has 0 N–H and O–H groups in total. The van der Waals surface area contributed by atoms with E-state index in [0.29, 0.717) is 11.1 Å². The third-order valence-corrected chi connectivity index (χ3v) is 7.65. The van der Waals surface area contributed by atoms with Crippen LogP contribution in [-0.4, -0.2) is 45.2 Å². The van der Waals surface area contributed by atoms with Crippen molar-refractivity contribution in [1.82, 2.24) is 8.61 Å². The molecule has 0 radical (unpaired) electrons. The first-order valence-corrected chi connectivity index (χ1v) is 11.1. The summed E-state index contributed by atoms with van der Waals surface area (Å²) in [5, 5.41) is 0. The fourth-order valence-electron chi connectivity index (χ4n) is 2.75. The summed E-state index contributed by atoms with van der Waals surface area (Å²) in [6, 6.07) is 17.8. The SMILES string of the molecule is O=S(=O)(Cc1ccccc1)N1CCN(S(=O)(=O)Cc2ccccc2)C1. The van der Waals surface area contributed by atoms with Crippen LogP contribution in [0.5, 0.6) is 0 Å². The molecule has 3 rings (SSSR count). The normalized spacial score (nSPS) is 17.0. The summed E-state index contributed by atoms with van der Waals surface area (Å²) in [4.78, 5) is 0. The lowest BCUT2D eigenvalue weighted by Crippen LogP contribution is -2.35. The van der Waals surface area contributed by atoms with Crippen LogP contribution in [0.2, 0.25) is 0 Å². The Bertz CT molecular complexity index is 836. The summed E-state index contributed by atoms with van der Waals surface area (Å²) in [6.45, 7) is 0.247. The van der Waals surface area contributed by atoms with Crippen LogP contribution in [-0.2, 0) is 31.6 Å². The van der Waals surface area contributed by atoms with Crippen LogP contribution in [0.15, 0.2) is 60.7 Å². The minimum absolute atomic E-state index is 0.121. The Morgan fingerprint density at radius 1 is 0.640 bits per heavy atom. The molecule has 0 amide bonds. The van der Waals surface area contributed by atoms with Crippen molar-refractivity contribution in [3.05, 3.63) is 71.8 Å². The molecule has 8 heteroatoms. The van der Waals surface area contributed by atoms with E-state index in [-0.39, 0.29) is 31.3 Å². The van der Waals surface area contributed by atoms with E-state index in [4.69, 9.17) is 0 Å². The molecule has 1 heterocycles. The third kappa shape index (κ3) is 4.46. The molecule has 2 aromatic rings. The Hall–Kier alpha value is -1.74. The quantitative estimate of drug-likeness (QED) is 0.763. The van der Waals surface area contributed by atoms with Gasteiger partial charge in [0.15, 0.2) is 0 Å². The lowest BCUT2D eigenvalue weighted by Gasteiger charge is -2.18. The molecule has 0 saturated carbocycles. The standard InChI is InChI=1S/C17H20N2O4S2/c20-24(21,13-16-7-3-1-4-8-16)18-11-12-19(15-18)25(22,23)14-17-9-5-2-6-10-17/h1-10H,11-15H2. The van der Waals surface area contributed by atoms with Crippen LogP contribution in [0, 0.1) is 0 Å². The topological polar surface area (TPSA) is 74.8 Å². The summed E-state index contributed by atoms with van der Waals surface area (Å²) in [5.41, 5.74) is 1.38. The van der Waals surface area contributed by atoms with E-state index in [2.05, 4.69) is 0 Å². The average Bonchev–Trinajstić information content (AvgIpc) is 3.08. The molecule has 0 bridgehead atoms. The maximum atomic E-state index is 12.5. The second-order valence-corrected chi connectivity index (χ2v) is 9.91. The maximum absolute atomic E-state index is 12.5. The zero-order valence-corrected chi connectivity index (χ0v) is 15.3. The molecular formula is C17H20N2O4S2. The van der Waals surface area contributed by atoms with Gasteiger partial charge in [-0.1, -0.05) is 60.7 Å². The molecular weight excluding hydrogens is 360 g/mol. The van der Waals surface area contributed by atoms with Gasteiger partial charge in [0, 0.05) is 13.1 Å². The van der Waals surface area contributed by atoms with Gasteiger partial charge in [0.1, 0.15) is 0 Å². The van der Waals surface area contributed by atoms with Gasteiger partial charge in [-0.25, -0.2) is 16.8 Å². The molecule has 1 aliphatic rings. The van der Waals surface area contributed by atoms with Crippen LogP contribution < -0.4 is 0 Å². The minimum Gasteiger partial charge on any atom is -0.212 e. The van der Waals surface area contributed by atoms with Crippen LogP contribution in [0.25, 0.3) is 0 Å². The first-order chi connectivity index (χ1) is 11.9. The Kier molecular flexibility index (Phi) is 5.24. The van der Waals surface area contributed by atoms with Gasteiger partial charge in [-0.15, -0.1) is 0 Å². The zero-order valence-electron chi connectivity index (χ0n) is 13.7. The predicted octanol–water partition coefficient (Wildman–Crippen LogP) is 1.62. The Labute approximate surface area is 148 Å². The van der Waals surface area contributed by atoms with Gasteiger partial charge in [-0.2, -0.15) is 8.61 Å². The van der Waals surface area contributed by atoms with Gasteiger partial charge in [-0.3, -0.25) is 0 Å². The van der Waals surface area contributed by atoms with E-state index in [1.807, 2.05) is 12.1 Å². The summed E-state index contributed by atoms with van der Waals surface area (Å²) in [7, 11) is -7.10. The molecule has 2 aromatic carbocycles. The molecule has 134 valence electrons. The minimum atomic E-state index is -3.55. The van der Waals surface area contributed by atoms with Crippen molar-refractivity contribution >= 4 is 20.0 Å². The molecule has 1 saturated heterocycles. The van der Waals surface area contributed by atoms with Gasteiger partial charge in [0.05, 0.1) is 18.2 Å². The van der Waals surface area contributed by atoms with Crippen LogP contribution in [0.4, 0.5) is 0 Å². The zero-order chi connectivity index (χ0) is 17.9. The van der Waals surface area contributed by atoms with Crippen LogP contribution >= 0.6 is 0 Å². The molecule has 6 nitrogen and oxygen atoms in total. The lowest BCUT2D eigenvalue weighted by molar-refractivity contribution is 0.413. The molecule has 0 spiro atoms. The smallest absolute Gasteiger partial charge is 0.212 e. The highest BCUT2D eigenvalue weighted by molar-refractivity contribution is 7.89. The predicted molar refractivity (Wildman–Crippen MR) is 96.4 cm³/mol. The number of hydrogen-bond donors (Lipinski definition) is 0. The van der Waals surface area contributed by atoms with Gasteiger partial charge >= 0.3 is 0 Å². The van der Waals surface area contributed by atoms with E-state index in [0.717, 1.165) is 0 Å². The second kappa shape index (κ2) is 7.25. The van der Waals surface area contributed by atoms with Crippen molar-refractivity contribution in [2.45, 2.75) is 11.5 Å². The fourth-order valence-corrected chi connectivity index (χ4v) is 5.76. The summed E-state index contributed by atoms with van der Waals surface area (Å²) >= 11 is 0. The molecule has 0 unspecified atom stereocenters. The molecule has 1 fully saturated rings. The largest absolute Gasteiger partial charge is 0.219 e. The molecule has 1 aliphatic heterocycles. The van der Waals surface area contributed by atoms with Crippen molar-refractivity contribution in [3.63, 3.8) is 0 Å².